The molecule has 0 spiro atoms. The fraction of sp³-hybridized carbons (Fsp3) is 0.385. The first-order valence-electron chi connectivity index (χ1n) is 5.96. The van der Waals surface area contributed by atoms with Crippen LogP contribution in [0, 0.1) is 0 Å². The van der Waals surface area contributed by atoms with Crippen LogP contribution < -0.4 is 11.1 Å². The second kappa shape index (κ2) is 5.18. The number of nitrogens with zero attached hydrogens (tertiary/aromatic N) is 1. The van der Waals surface area contributed by atoms with E-state index in [1.54, 1.807) is 11.9 Å². The number of amides is 2. The largest absolute Gasteiger partial charge is 0.344 e. The lowest BCUT2D eigenvalue weighted by Gasteiger charge is -2.16. The van der Waals surface area contributed by atoms with E-state index in [9.17, 15) is 9.59 Å². The normalized spacial score (nSPS) is 13.1. The molecule has 0 radical (unpaired) electrons. The highest BCUT2D eigenvalue weighted by Gasteiger charge is 2.17. The van der Waals surface area contributed by atoms with Crippen molar-refractivity contribution in [3.63, 3.8) is 0 Å². The fourth-order valence-corrected chi connectivity index (χ4v) is 2.02. The lowest BCUT2D eigenvalue weighted by molar-refractivity contribution is -0.128. The van der Waals surface area contributed by atoms with Gasteiger partial charge in [0.25, 0.3) is 0 Å². The summed E-state index contributed by atoms with van der Waals surface area (Å²) in [6.45, 7) is 0.676. The van der Waals surface area contributed by atoms with Gasteiger partial charge in [0.15, 0.2) is 0 Å². The number of anilines is 1. The van der Waals surface area contributed by atoms with Gasteiger partial charge in [-0.3, -0.25) is 9.59 Å². The Balaban J connectivity index is 1.97. The summed E-state index contributed by atoms with van der Waals surface area (Å²) >= 11 is 0. The van der Waals surface area contributed by atoms with Gasteiger partial charge in [-0.25, -0.2) is 0 Å². The third kappa shape index (κ3) is 2.68. The summed E-state index contributed by atoms with van der Waals surface area (Å²) in [7, 11) is 1.74. The van der Waals surface area contributed by atoms with Crippen LogP contribution >= 0.6 is 0 Å². The number of carbonyl (C=O) groups is 2. The molecule has 18 heavy (non-hydrogen) atoms. The quantitative estimate of drug-likeness (QED) is 0.794. The summed E-state index contributed by atoms with van der Waals surface area (Å²) in [5.41, 5.74) is 8.35. The molecule has 0 bridgehead atoms. The summed E-state index contributed by atoms with van der Waals surface area (Å²) in [5.74, 6) is -0.0226. The van der Waals surface area contributed by atoms with Crippen LogP contribution in [0.1, 0.15) is 11.1 Å². The number of fused-ring (bicyclic) bond motifs is 1. The molecular weight excluding hydrogens is 230 g/mol. The summed E-state index contributed by atoms with van der Waals surface area (Å²) < 4.78 is 0. The molecule has 3 N–H and O–H groups in total. The van der Waals surface area contributed by atoms with E-state index in [2.05, 4.69) is 5.32 Å². The fourth-order valence-electron chi connectivity index (χ4n) is 2.02. The Kier molecular flexibility index (Phi) is 3.62. The van der Waals surface area contributed by atoms with Gasteiger partial charge in [0.05, 0.1) is 13.0 Å². The van der Waals surface area contributed by atoms with E-state index in [-0.39, 0.29) is 18.4 Å². The number of nitrogens with two attached hydrogens (primary N) is 1. The molecule has 2 rings (SSSR count). The Morgan fingerprint density at radius 3 is 3.00 bits per heavy atom. The monoisotopic (exact) mass is 247 g/mol. The Labute approximate surface area is 106 Å². The van der Waals surface area contributed by atoms with Crippen molar-refractivity contribution in [3.05, 3.63) is 29.3 Å². The molecule has 1 aliphatic rings. The van der Waals surface area contributed by atoms with Crippen LogP contribution in [0.15, 0.2) is 18.2 Å². The van der Waals surface area contributed by atoms with Crippen molar-refractivity contribution in [2.75, 3.05) is 25.5 Å². The van der Waals surface area contributed by atoms with E-state index in [0.29, 0.717) is 13.0 Å². The number of hydrogen-bond donors (Lipinski definition) is 2. The minimum Gasteiger partial charge on any atom is -0.344 e. The third-order valence-electron chi connectivity index (χ3n) is 3.13. The molecule has 0 saturated carbocycles. The van der Waals surface area contributed by atoms with Crippen molar-refractivity contribution >= 4 is 17.5 Å². The Morgan fingerprint density at radius 1 is 1.50 bits per heavy atom. The molecule has 96 valence electrons. The third-order valence-corrected chi connectivity index (χ3v) is 3.13. The summed E-state index contributed by atoms with van der Waals surface area (Å²) in [6, 6.07) is 5.92. The topological polar surface area (TPSA) is 75.4 Å². The first-order chi connectivity index (χ1) is 8.60. The molecule has 1 aliphatic heterocycles. The van der Waals surface area contributed by atoms with Crippen LogP contribution in [-0.2, 0) is 22.4 Å². The van der Waals surface area contributed by atoms with Crippen molar-refractivity contribution < 1.29 is 9.59 Å². The van der Waals surface area contributed by atoms with Gasteiger partial charge in [-0.05, 0) is 23.6 Å². The predicted octanol–water partition coefficient (Wildman–Crippen LogP) is 0.141. The van der Waals surface area contributed by atoms with E-state index in [4.69, 9.17) is 5.73 Å². The van der Waals surface area contributed by atoms with Crippen molar-refractivity contribution in [3.8, 4) is 0 Å². The summed E-state index contributed by atoms with van der Waals surface area (Å²) in [5, 5.41) is 2.80. The number of carbonyl (C=O) groups excluding carboxylic acids is 2. The summed E-state index contributed by atoms with van der Waals surface area (Å²) in [4.78, 5) is 24.2. The molecule has 0 saturated heterocycles. The highest BCUT2D eigenvalue weighted by atomic mass is 16.2. The number of rotatable bonds is 4. The number of hydrogen-bond acceptors (Lipinski definition) is 3. The average molecular weight is 247 g/mol. The van der Waals surface area contributed by atoms with E-state index in [1.165, 1.54) is 0 Å². The molecule has 0 unspecified atom stereocenters. The minimum atomic E-state index is -0.0620. The molecular formula is C13H17N3O2. The van der Waals surface area contributed by atoms with Crippen LogP contribution in [0.4, 0.5) is 5.69 Å². The SMILES string of the molecule is CN(CCc1ccc2c(c1)CC(=O)N2)C(=O)CN. The molecule has 1 aromatic rings. The molecule has 0 atom stereocenters. The maximum absolute atomic E-state index is 11.3. The maximum atomic E-state index is 11.3. The van der Waals surface area contributed by atoms with Crippen molar-refractivity contribution in [2.45, 2.75) is 12.8 Å². The number of likely N-dealkylation sites (N-methyl/N-ethyl adjacent to an activating group) is 1. The van der Waals surface area contributed by atoms with E-state index in [1.807, 2.05) is 18.2 Å². The van der Waals surface area contributed by atoms with Crippen LogP contribution in [0.5, 0.6) is 0 Å². The van der Waals surface area contributed by atoms with Gasteiger partial charge in [-0.15, -0.1) is 0 Å². The first kappa shape index (κ1) is 12.6. The predicted molar refractivity (Wildman–Crippen MR) is 69.2 cm³/mol. The summed E-state index contributed by atoms with van der Waals surface area (Å²) in [6.07, 6.45) is 1.21. The number of benzene rings is 1. The first-order valence-corrected chi connectivity index (χ1v) is 5.96. The van der Waals surface area contributed by atoms with E-state index in [0.717, 1.165) is 23.2 Å². The molecule has 2 amide bonds. The second-order valence-corrected chi connectivity index (χ2v) is 4.49. The van der Waals surface area contributed by atoms with Gasteiger partial charge < -0.3 is 16.0 Å². The highest BCUT2D eigenvalue weighted by Crippen LogP contribution is 2.23. The van der Waals surface area contributed by atoms with Gasteiger partial charge in [0.1, 0.15) is 0 Å². The van der Waals surface area contributed by atoms with Gasteiger partial charge in [0.2, 0.25) is 11.8 Å². The lowest BCUT2D eigenvalue weighted by atomic mass is 10.1. The Hall–Kier alpha value is -1.88. The molecule has 0 aliphatic carbocycles. The van der Waals surface area contributed by atoms with Gasteiger partial charge in [-0.1, -0.05) is 12.1 Å². The minimum absolute atomic E-state index is 0.0394. The van der Waals surface area contributed by atoms with Crippen LogP contribution in [0.3, 0.4) is 0 Å². The van der Waals surface area contributed by atoms with Crippen LogP contribution in [-0.4, -0.2) is 36.9 Å². The molecule has 1 aromatic carbocycles. The van der Waals surface area contributed by atoms with Gasteiger partial charge >= 0.3 is 0 Å². The molecule has 1 heterocycles. The Bertz CT molecular complexity index is 485. The van der Waals surface area contributed by atoms with Crippen molar-refractivity contribution in [1.82, 2.24) is 4.90 Å². The second-order valence-electron chi connectivity index (χ2n) is 4.49. The molecule has 5 heteroatoms. The van der Waals surface area contributed by atoms with Crippen LogP contribution in [0.2, 0.25) is 0 Å². The van der Waals surface area contributed by atoms with Gasteiger partial charge in [-0.2, -0.15) is 0 Å². The lowest BCUT2D eigenvalue weighted by Crippen LogP contribution is -2.34. The molecule has 0 fully saturated rings. The zero-order valence-electron chi connectivity index (χ0n) is 10.4. The van der Waals surface area contributed by atoms with Crippen LogP contribution in [0.25, 0.3) is 0 Å². The van der Waals surface area contributed by atoms with Crippen molar-refractivity contribution in [2.24, 2.45) is 5.73 Å². The average Bonchev–Trinajstić information content (AvgIpc) is 2.74. The smallest absolute Gasteiger partial charge is 0.236 e. The molecule has 0 aromatic heterocycles. The Morgan fingerprint density at radius 2 is 2.28 bits per heavy atom. The maximum Gasteiger partial charge on any atom is 0.236 e. The number of nitrogens with one attached hydrogen (secondary N) is 1. The van der Waals surface area contributed by atoms with E-state index < -0.39 is 0 Å². The highest BCUT2D eigenvalue weighted by molar-refractivity contribution is 5.99. The van der Waals surface area contributed by atoms with Gasteiger partial charge in [0, 0.05) is 19.3 Å². The van der Waals surface area contributed by atoms with Crippen molar-refractivity contribution in [1.29, 1.82) is 0 Å². The van der Waals surface area contributed by atoms with E-state index >= 15 is 0 Å². The standard InChI is InChI=1S/C13H17N3O2/c1-16(13(18)8-14)5-4-9-2-3-11-10(6-9)7-12(17)15-11/h2-3,6H,4-5,7-8,14H2,1H3,(H,15,17). The molecule has 5 nitrogen and oxygen atoms in total. The zero-order chi connectivity index (χ0) is 13.1. The zero-order valence-corrected chi connectivity index (χ0v) is 10.4.